The largest absolute Gasteiger partial charge is 0.395 e. The average molecular weight is 438 g/mol. The fraction of sp³-hybridized carbons (Fsp3) is 0.348. The number of aliphatic hydroxyl groups is 1. The van der Waals surface area contributed by atoms with Crippen LogP contribution in [-0.4, -0.2) is 52.2 Å². The summed E-state index contributed by atoms with van der Waals surface area (Å²) in [5.74, 6) is -0.107. The van der Waals surface area contributed by atoms with Crippen molar-refractivity contribution in [2.24, 2.45) is 0 Å². The van der Waals surface area contributed by atoms with Crippen LogP contribution in [0.2, 0.25) is 5.02 Å². The summed E-state index contributed by atoms with van der Waals surface area (Å²) in [6.07, 6.45) is 2.93. The zero-order chi connectivity index (χ0) is 21.4. The Morgan fingerprint density at radius 1 is 1.13 bits per heavy atom. The van der Waals surface area contributed by atoms with Crippen LogP contribution in [0, 0.1) is 0 Å². The van der Waals surface area contributed by atoms with Crippen molar-refractivity contribution in [3.63, 3.8) is 0 Å². The average Bonchev–Trinajstić information content (AvgIpc) is 3.44. The number of nitrogens with zero attached hydrogens (tertiary/aromatic N) is 4. The van der Waals surface area contributed by atoms with Gasteiger partial charge in [0.15, 0.2) is 5.69 Å². The molecule has 1 saturated carbocycles. The lowest BCUT2D eigenvalue weighted by molar-refractivity contribution is 0.0973. The van der Waals surface area contributed by atoms with Crippen molar-refractivity contribution in [2.75, 3.05) is 31.1 Å². The number of nitrogens with one attached hydrogen (secondary N) is 1. The van der Waals surface area contributed by atoms with Gasteiger partial charge in [-0.25, -0.2) is 4.68 Å². The van der Waals surface area contributed by atoms with Gasteiger partial charge in [0.25, 0.3) is 5.91 Å². The summed E-state index contributed by atoms with van der Waals surface area (Å²) in [7, 11) is 0. The highest BCUT2D eigenvalue weighted by molar-refractivity contribution is 6.30. The van der Waals surface area contributed by atoms with Gasteiger partial charge in [-0.1, -0.05) is 35.0 Å². The molecule has 0 atom stereocenters. The maximum absolute atomic E-state index is 13.4. The first kappa shape index (κ1) is 20.2. The molecule has 3 aromatic rings. The van der Waals surface area contributed by atoms with Gasteiger partial charge in [-0.2, -0.15) is 0 Å². The number of rotatable bonds is 7. The van der Waals surface area contributed by atoms with Crippen molar-refractivity contribution in [3.05, 3.63) is 70.5 Å². The zero-order valence-corrected chi connectivity index (χ0v) is 17.8. The Morgan fingerprint density at radius 2 is 1.94 bits per heavy atom. The molecular weight excluding hydrogens is 414 g/mol. The molecule has 0 unspecified atom stereocenters. The smallest absolute Gasteiger partial charge is 0.278 e. The number of aliphatic hydroxyl groups excluding tert-OH is 1. The Bertz CT molecular complexity index is 1110. The van der Waals surface area contributed by atoms with E-state index in [2.05, 4.69) is 27.8 Å². The van der Waals surface area contributed by atoms with Crippen LogP contribution < -0.4 is 10.2 Å². The summed E-state index contributed by atoms with van der Waals surface area (Å²) in [6, 6.07) is 15.6. The monoisotopic (exact) mass is 437 g/mol. The van der Waals surface area contributed by atoms with E-state index in [-0.39, 0.29) is 17.9 Å². The van der Waals surface area contributed by atoms with E-state index >= 15 is 0 Å². The number of hydrogen-bond acceptors (Lipinski definition) is 5. The van der Waals surface area contributed by atoms with Crippen LogP contribution in [0.4, 0.5) is 5.69 Å². The third-order valence-corrected chi connectivity index (χ3v) is 6.44. The molecule has 0 radical (unpaired) electrons. The van der Waals surface area contributed by atoms with E-state index in [4.69, 9.17) is 16.7 Å². The second kappa shape index (κ2) is 8.07. The Morgan fingerprint density at radius 3 is 2.65 bits per heavy atom. The molecule has 2 N–H and O–H groups in total. The molecule has 1 aromatic heterocycles. The van der Waals surface area contributed by atoms with Gasteiger partial charge < -0.3 is 15.3 Å². The number of anilines is 1. The fourth-order valence-corrected chi connectivity index (χ4v) is 4.48. The number of fused-ring (bicyclic) bond motifs is 1. The molecule has 31 heavy (non-hydrogen) atoms. The molecular formula is C23H24ClN5O2. The number of hydrogen-bond donors (Lipinski definition) is 2. The number of aromatic nitrogens is 3. The molecule has 1 aliphatic carbocycles. The standard InChI is InChI=1S/C23H24ClN5O2/c24-17-2-1-3-19(14-17)29-21-20(26-27-29)8-12-28(22(21)31)18-6-4-16(5-7-18)23(9-10-23)15-25-11-13-30/h1-7,14,25,30H,8-13,15H2. The molecule has 7 nitrogen and oxygen atoms in total. The van der Waals surface area contributed by atoms with Crippen molar-refractivity contribution in [1.82, 2.24) is 20.3 Å². The quantitative estimate of drug-likeness (QED) is 0.555. The molecule has 1 aliphatic heterocycles. The van der Waals surface area contributed by atoms with E-state index in [0.717, 1.165) is 30.8 Å². The highest BCUT2D eigenvalue weighted by atomic mass is 35.5. The minimum Gasteiger partial charge on any atom is -0.395 e. The minimum atomic E-state index is -0.107. The van der Waals surface area contributed by atoms with Gasteiger partial charge in [0.2, 0.25) is 0 Å². The third kappa shape index (κ3) is 3.73. The first-order chi connectivity index (χ1) is 15.1. The fourth-order valence-electron chi connectivity index (χ4n) is 4.30. The normalized spacial score (nSPS) is 17.0. The highest BCUT2D eigenvalue weighted by Gasteiger charge is 2.43. The van der Waals surface area contributed by atoms with Crippen molar-refractivity contribution in [1.29, 1.82) is 0 Å². The van der Waals surface area contributed by atoms with E-state index in [1.54, 1.807) is 21.7 Å². The summed E-state index contributed by atoms with van der Waals surface area (Å²) < 4.78 is 1.58. The van der Waals surface area contributed by atoms with Gasteiger partial charge in [0, 0.05) is 42.2 Å². The molecule has 1 amide bonds. The van der Waals surface area contributed by atoms with Gasteiger partial charge in [-0.15, -0.1) is 5.10 Å². The molecule has 160 valence electrons. The predicted molar refractivity (Wildman–Crippen MR) is 119 cm³/mol. The van der Waals surface area contributed by atoms with E-state index in [1.807, 2.05) is 24.3 Å². The molecule has 0 spiro atoms. The van der Waals surface area contributed by atoms with Crippen LogP contribution in [0.25, 0.3) is 5.69 Å². The second-order valence-corrected chi connectivity index (χ2v) is 8.65. The van der Waals surface area contributed by atoms with E-state index in [0.29, 0.717) is 35.9 Å². The first-order valence-corrected chi connectivity index (χ1v) is 10.9. The predicted octanol–water partition coefficient (Wildman–Crippen LogP) is 2.74. The summed E-state index contributed by atoms with van der Waals surface area (Å²) >= 11 is 6.13. The van der Waals surface area contributed by atoms with Gasteiger partial charge in [0.05, 0.1) is 18.0 Å². The summed E-state index contributed by atoms with van der Waals surface area (Å²) in [6.45, 7) is 2.19. The Labute approximate surface area is 185 Å². The van der Waals surface area contributed by atoms with E-state index in [9.17, 15) is 4.79 Å². The molecule has 2 aliphatic rings. The van der Waals surface area contributed by atoms with Crippen LogP contribution in [-0.2, 0) is 11.8 Å². The van der Waals surface area contributed by atoms with Crippen LogP contribution >= 0.6 is 11.6 Å². The number of benzene rings is 2. The van der Waals surface area contributed by atoms with Crippen molar-refractivity contribution >= 4 is 23.2 Å². The minimum absolute atomic E-state index is 0.107. The van der Waals surface area contributed by atoms with Gasteiger partial charge in [-0.3, -0.25) is 4.79 Å². The van der Waals surface area contributed by atoms with Gasteiger partial charge in [0.1, 0.15) is 0 Å². The van der Waals surface area contributed by atoms with Crippen molar-refractivity contribution < 1.29 is 9.90 Å². The molecule has 2 heterocycles. The lowest BCUT2D eigenvalue weighted by atomic mass is 9.95. The molecule has 0 saturated heterocycles. The molecule has 1 fully saturated rings. The van der Waals surface area contributed by atoms with Crippen molar-refractivity contribution in [3.8, 4) is 5.69 Å². The number of carbonyl (C=O) groups is 1. The summed E-state index contributed by atoms with van der Waals surface area (Å²) in [5, 5.41) is 21.3. The molecule has 8 heteroatoms. The number of halogens is 1. The maximum Gasteiger partial charge on any atom is 0.278 e. The Kier molecular flexibility index (Phi) is 5.25. The Hall–Kier alpha value is -2.74. The topological polar surface area (TPSA) is 83.3 Å². The lowest BCUT2D eigenvalue weighted by Crippen LogP contribution is -2.39. The number of carbonyl (C=O) groups excluding carboxylic acids is 1. The van der Waals surface area contributed by atoms with E-state index in [1.165, 1.54) is 5.56 Å². The van der Waals surface area contributed by atoms with E-state index < -0.39 is 0 Å². The van der Waals surface area contributed by atoms with Crippen LogP contribution in [0.15, 0.2) is 48.5 Å². The SMILES string of the molecule is O=C1c2c(nnn2-c2cccc(Cl)c2)CCN1c1ccc(C2(CNCCO)CC2)cc1. The van der Waals surface area contributed by atoms with Crippen LogP contribution in [0.3, 0.4) is 0 Å². The molecule has 5 rings (SSSR count). The van der Waals surface area contributed by atoms with Crippen LogP contribution in [0.5, 0.6) is 0 Å². The van der Waals surface area contributed by atoms with Gasteiger partial charge >= 0.3 is 0 Å². The molecule has 0 bridgehead atoms. The number of amides is 1. The first-order valence-electron chi connectivity index (χ1n) is 10.6. The van der Waals surface area contributed by atoms with Gasteiger partial charge in [-0.05, 0) is 48.7 Å². The zero-order valence-electron chi connectivity index (χ0n) is 17.1. The third-order valence-electron chi connectivity index (χ3n) is 6.21. The Balaban J connectivity index is 1.39. The lowest BCUT2D eigenvalue weighted by Gasteiger charge is -2.27. The molecule has 2 aromatic carbocycles. The highest BCUT2D eigenvalue weighted by Crippen LogP contribution is 2.48. The summed E-state index contributed by atoms with van der Waals surface area (Å²) in [4.78, 5) is 15.2. The maximum atomic E-state index is 13.4. The van der Waals surface area contributed by atoms with Crippen molar-refractivity contribution in [2.45, 2.75) is 24.7 Å². The summed E-state index contributed by atoms with van der Waals surface area (Å²) in [5.41, 5.74) is 4.23. The second-order valence-electron chi connectivity index (χ2n) is 8.21. The van der Waals surface area contributed by atoms with Crippen LogP contribution in [0.1, 0.15) is 34.6 Å².